The van der Waals surface area contributed by atoms with Crippen molar-refractivity contribution in [1.29, 1.82) is 0 Å². The molecule has 78 valence electrons. The van der Waals surface area contributed by atoms with E-state index in [4.69, 9.17) is 0 Å². The monoisotopic (exact) mass is 195 g/mol. The lowest BCUT2D eigenvalue weighted by molar-refractivity contribution is 0.570. The van der Waals surface area contributed by atoms with Gasteiger partial charge in [0.2, 0.25) is 0 Å². The Hall–Kier alpha value is -0.890. The summed E-state index contributed by atoms with van der Waals surface area (Å²) < 4.78 is 12.6. The van der Waals surface area contributed by atoms with Gasteiger partial charge in [-0.15, -0.1) is 0 Å². The fourth-order valence-electron chi connectivity index (χ4n) is 1.33. The molecular weight excluding hydrogens is 177 g/mol. The van der Waals surface area contributed by atoms with Crippen LogP contribution in [0.4, 0.5) is 4.39 Å². The maximum atomic E-state index is 12.6. The molecule has 0 saturated carbocycles. The Balaban J connectivity index is 2.21. The fourth-order valence-corrected chi connectivity index (χ4v) is 1.33. The first-order valence-corrected chi connectivity index (χ1v) is 5.16. The highest BCUT2D eigenvalue weighted by molar-refractivity contribution is 5.15. The van der Waals surface area contributed by atoms with Gasteiger partial charge in [-0.3, -0.25) is 0 Å². The molecular formula is C12H18FN. The normalized spacial score (nSPS) is 10.9. The number of aryl methyl sites for hydroxylation is 1. The summed E-state index contributed by atoms with van der Waals surface area (Å²) >= 11 is 0. The van der Waals surface area contributed by atoms with Crippen LogP contribution in [0.3, 0.4) is 0 Å². The summed E-state index contributed by atoms with van der Waals surface area (Å²) in [4.78, 5) is 0. The number of halogens is 1. The zero-order valence-electron chi connectivity index (χ0n) is 8.89. The predicted molar refractivity (Wildman–Crippen MR) is 57.9 cm³/mol. The molecule has 0 aliphatic carbocycles. The van der Waals surface area contributed by atoms with E-state index >= 15 is 0 Å². The van der Waals surface area contributed by atoms with Crippen LogP contribution in [0, 0.1) is 5.82 Å². The predicted octanol–water partition coefficient (Wildman–Crippen LogP) is 2.76. The van der Waals surface area contributed by atoms with Crippen LogP contribution in [0.1, 0.15) is 25.8 Å². The summed E-state index contributed by atoms with van der Waals surface area (Å²) in [6, 6.07) is 7.29. The number of rotatable bonds is 5. The summed E-state index contributed by atoms with van der Waals surface area (Å²) in [5.74, 6) is -0.158. The number of hydrogen-bond acceptors (Lipinski definition) is 1. The minimum atomic E-state index is -0.158. The second-order valence-electron chi connectivity index (χ2n) is 3.84. The average Bonchev–Trinajstić information content (AvgIpc) is 2.15. The Morgan fingerprint density at radius 1 is 1.21 bits per heavy atom. The summed E-state index contributed by atoms with van der Waals surface area (Å²) in [5.41, 5.74) is 1.21. The van der Waals surface area contributed by atoms with Crippen molar-refractivity contribution in [2.45, 2.75) is 32.7 Å². The lowest BCUT2D eigenvalue weighted by Gasteiger charge is -2.07. The van der Waals surface area contributed by atoms with E-state index in [9.17, 15) is 4.39 Å². The van der Waals surface area contributed by atoms with Crippen LogP contribution in [-0.2, 0) is 6.42 Å². The Kier molecular flexibility index (Phi) is 4.60. The largest absolute Gasteiger partial charge is 0.315 e. The van der Waals surface area contributed by atoms with Crippen molar-refractivity contribution in [1.82, 2.24) is 5.32 Å². The van der Waals surface area contributed by atoms with Crippen molar-refractivity contribution in [2.24, 2.45) is 0 Å². The van der Waals surface area contributed by atoms with Crippen molar-refractivity contribution >= 4 is 0 Å². The molecule has 0 aliphatic heterocycles. The van der Waals surface area contributed by atoms with Crippen LogP contribution in [-0.4, -0.2) is 12.6 Å². The van der Waals surface area contributed by atoms with Gasteiger partial charge >= 0.3 is 0 Å². The van der Waals surface area contributed by atoms with Crippen molar-refractivity contribution in [2.75, 3.05) is 6.54 Å². The van der Waals surface area contributed by atoms with Gasteiger partial charge < -0.3 is 5.32 Å². The molecule has 0 saturated heterocycles. The van der Waals surface area contributed by atoms with Gasteiger partial charge in [0.25, 0.3) is 0 Å². The quantitative estimate of drug-likeness (QED) is 0.712. The van der Waals surface area contributed by atoms with E-state index in [1.807, 2.05) is 12.1 Å². The smallest absolute Gasteiger partial charge is 0.123 e. The number of nitrogens with one attached hydrogen (secondary N) is 1. The van der Waals surface area contributed by atoms with Crippen LogP contribution in [0.15, 0.2) is 24.3 Å². The van der Waals surface area contributed by atoms with Crippen LogP contribution >= 0.6 is 0 Å². The molecule has 0 aromatic heterocycles. The Bertz CT molecular complexity index is 254. The van der Waals surface area contributed by atoms with Crippen LogP contribution in [0.2, 0.25) is 0 Å². The molecule has 1 rings (SSSR count). The van der Waals surface area contributed by atoms with E-state index in [1.165, 1.54) is 17.7 Å². The van der Waals surface area contributed by atoms with Crippen LogP contribution < -0.4 is 5.32 Å². The second-order valence-corrected chi connectivity index (χ2v) is 3.84. The molecule has 0 bridgehead atoms. The van der Waals surface area contributed by atoms with Gasteiger partial charge in [-0.2, -0.15) is 0 Å². The van der Waals surface area contributed by atoms with E-state index < -0.39 is 0 Å². The molecule has 0 aliphatic rings. The Morgan fingerprint density at radius 2 is 1.86 bits per heavy atom. The van der Waals surface area contributed by atoms with Gasteiger partial charge in [-0.05, 0) is 37.1 Å². The molecule has 0 heterocycles. The Labute approximate surface area is 85.3 Å². The molecule has 0 spiro atoms. The van der Waals surface area contributed by atoms with Crippen molar-refractivity contribution < 1.29 is 4.39 Å². The minimum absolute atomic E-state index is 0.158. The molecule has 1 N–H and O–H groups in total. The third-order valence-electron chi connectivity index (χ3n) is 2.11. The molecule has 0 amide bonds. The van der Waals surface area contributed by atoms with Crippen LogP contribution in [0.5, 0.6) is 0 Å². The zero-order chi connectivity index (χ0) is 10.4. The SMILES string of the molecule is CC(C)NCCCc1ccc(F)cc1. The highest BCUT2D eigenvalue weighted by Gasteiger charge is 1.95. The molecule has 0 fully saturated rings. The summed E-state index contributed by atoms with van der Waals surface area (Å²) in [5, 5.41) is 3.35. The first kappa shape index (κ1) is 11.2. The van der Waals surface area contributed by atoms with Crippen molar-refractivity contribution in [3.63, 3.8) is 0 Å². The molecule has 0 radical (unpaired) electrons. The average molecular weight is 195 g/mol. The maximum Gasteiger partial charge on any atom is 0.123 e. The first-order chi connectivity index (χ1) is 6.68. The molecule has 0 atom stereocenters. The highest BCUT2D eigenvalue weighted by Crippen LogP contribution is 2.04. The summed E-state index contributed by atoms with van der Waals surface area (Å²) in [6.07, 6.45) is 2.11. The molecule has 2 heteroatoms. The van der Waals surface area contributed by atoms with Gasteiger partial charge in [0.05, 0.1) is 0 Å². The molecule has 1 nitrogen and oxygen atoms in total. The van der Waals surface area contributed by atoms with Gasteiger partial charge in [0.1, 0.15) is 5.82 Å². The number of benzene rings is 1. The van der Waals surface area contributed by atoms with Gasteiger partial charge in [-0.25, -0.2) is 4.39 Å². The van der Waals surface area contributed by atoms with E-state index in [1.54, 1.807) is 0 Å². The van der Waals surface area contributed by atoms with Crippen LogP contribution in [0.25, 0.3) is 0 Å². The highest BCUT2D eigenvalue weighted by atomic mass is 19.1. The molecule has 1 aromatic rings. The lowest BCUT2D eigenvalue weighted by Crippen LogP contribution is -2.23. The number of hydrogen-bond donors (Lipinski definition) is 1. The minimum Gasteiger partial charge on any atom is -0.315 e. The molecule has 1 aromatic carbocycles. The summed E-state index contributed by atoms with van der Waals surface area (Å²) in [6.45, 7) is 5.30. The molecule has 0 unspecified atom stereocenters. The second kappa shape index (κ2) is 5.76. The van der Waals surface area contributed by atoms with Gasteiger partial charge in [-0.1, -0.05) is 26.0 Å². The Morgan fingerprint density at radius 3 is 2.43 bits per heavy atom. The topological polar surface area (TPSA) is 12.0 Å². The van der Waals surface area contributed by atoms with E-state index in [2.05, 4.69) is 19.2 Å². The van der Waals surface area contributed by atoms with Gasteiger partial charge in [0.15, 0.2) is 0 Å². The third kappa shape index (κ3) is 4.38. The maximum absolute atomic E-state index is 12.6. The first-order valence-electron chi connectivity index (χ1n) is 5.16. The van der Waals surface area contributed by atoms with Crippen molar-refractivity contribution in [3.05, 3.63) is 35.6 Å². The third-order valence-corrected chi connectivity index (χ3v) is 2.11. The van der Waals surface area contributed by atoms with E-state index in [-0.39, 0.29) is 5.82 Å². The molecule has 14 heavy (non-hydrogen) atoms. The standard InChI is InChI=1S/C12H18FN/c1-10(2)14-9-3-4-11-5-7-12(13)8-6-11/h5-8,10,14H,3-4,9H2,1-2H3. The summed E-state index contributed by atoms with van der Waals surface area (Å²) in [7, 11) is 0. The van der Waals surface area contributed by atoms with Crippen molar-refractivity contribution in [3.8, 4) is 0 Å². The van der Waals surface area contributed by atoms with E-state index in [0.717, 1.165) is 19.4 Å². The lowest BCUT2D eigenvalue weighted by atomic mass is 10.1. The van der Waals surface area contributed by atoms with E-state index in [0.29, 0.717) is 6.04 Å². The van der Waals surface area contributed by atoms with Gasteiger partial charge in [0, 0.05) is 6.04 Å². The zero-order valence-corrected chi connectivity index (χ0v) is 8.89. The fraction of sp³-hybridized carbons (Fsp3) is 0.500.